The maximum absolute atomic E-state index is 12.1. The zero-order valence-corrected chi connectivity index (χ0v) is 14.1. The lowest BCUT2D eigenvalue weighted by Crippen LogP contribution is -2.35. The summed E-state index contributed by atoms with van der Waals surface area (Å²) in [7, 11) is 2.07. The van der Waals surface area contributed by atoms with Gasteiger partial charge in [-0.15, -0.1) is 0 Å². The highest BCUT2D eigenvalue weighted by Crippen LogP contribution is 2.24. The van der Waals surface area contributed by atoms with Crippen molar-refractivity contribution in [3.05, 3.63) is 29.3 Å². The smallest absolute Gasteiger partial charge is 0.225 e. The molecule has 0 saturated carbocycles. The normalized spacial score (nSPS) is 20.5. The first-order valence-electron chi connectivity index (χ1n) is 8.92. The summed E-state index contributed by atoms with van der Waals surface area (Å²) in [5.41, 5.74) is 3.78. The highest BCUT2D eigenvalue weighted by molar-refractivity contribution is 5.91. The fourth-order valence-electron chi connectivity index (χ4n) is 3.56. The summed E-state index contributed by atoms with van der Waals surface area (Å²) in [6, 6.07) is 6.33. The minimum atomic E-state index is 0.0966. The molecule has 3 rings (SSSR count). The van der Waals surface area contributed by atoms with E-state index in [9.17, 15) is 4.79 Å². The molecule has 1 atom stereocenters. The monoisotopic (exact) mass is 316 g/mol. The molecule has 1 saturated heterocycles. The number of carbonyl (C=O) groups is 1. The van der Waals surface area contributed by atoms with E-state index in [4.69, 9.17) is 4.74 Å². The third kappa shape index (κ3) is 4.79. The summed E-state index contributed by atoms with van der Waals surface area (Å²) in [6.07, 6.45) is 8.02. The molecule has 0 aromatic heterocycles. The minimum absolute atomic E-state index is 0.0966. The second-order valence-electron chi connectivity index (χ2n) is 6.89. The van der Waals surface area contributed by atoms with E-state index in [0.717, 1.165) is 38.2 Å². The molecule has 0 unspecified atom stereocenters. The van der Waals surface area contributed by atoms with Crippen molar-refractivity contribution in [2.45, 2.75) is 51.0 Å². The number of carbonyl (C=O) groups excluding carboxylic acids is 1. The first-order chi connectivity index (χ1) is 11.2. The third-order valence-corrected chi connectivity index (χ3v) is 4.89. The van der Waals surface area contributed by atoms with Crippen LogP contribution in [0.25, 0.3) is 0 Å². The van der Waals surface area contributed by atoms with Crippen LogP contribution in [-0.2, 0) is 22.4 Å². The van der Waals surface area contributed by atoms with E-state index >= 15 is 0 Å². The Labute approximate surface area is 139 Å². The van der Waals surface area contributed by atoms with Crippen LogP contribution >= 0.6 is 0 Å². The number of anilines is 1. The van der Waals surface area contributed by atoms with E-state index in [0.29, 0.717) is 12.5 Å². The van der Waals surface area contributed by atoms with Crippen LogP contribution in [0.5, 0.6) is 0 Å². The van der Waals surface area contributed by atoms with E-state index < -0.39 is 0 Å². The van der Waals surface area contributed by atoms with Crippen molar-refractivity contribution >= 4 is 11.6 Å². The van der Waals surface area contributed by atoms with Crippen molar-refractivity contribution in [1.82, 2.24) is 4.90 Å². The molecule has 1 heterocycles. The van der Waals surface area contributed by atoms with Gasteiger partial charge in [0, 0.05) is 31.8 Å². The number of hydrogen-bond acceptors (Lipinski definition) is 3. The van der Waals surface area contributed by atoms with Crippen LogP contribution in [0.3, 0.4) is 0 Å². The topological polar surface area (TPSA) is 41.6 Å². The summed E-state index contributed by atoms with van der Waals surface area (Å²) >= 11 is 0. The Morgan fingerprint density at radius 3 is 2.96 bits per heavy atom. The highest BCUT2D eigenvalue weighted by atomic mass is 16.5. The molecule has 0 spiro atoms. The Hall–Kier alpha value is -1.39. The van der Waals surface area contributed by atoms with Gasteiger partial charge in [-0.1, -0.05) is 6.07 Å². The SMILES string of the molecule is CN(CCC(=O)Nc1ccc2c(c1)CCC2)C[C@@H]1CCCCO1. The number of hydrogen-bond donors (Lipinski definition) is 1. The zero-order chi connectivity index (χ0) is 16.1. The Kier molecular flexibility index (Phi) is 5.68. The summed E-state index contributed by atoms with van der Waals surface area (Å²) < 4.78 is 5.75. The predicted molar refractivity (Wildman–Crippen MR) is 92.8 cm³/mol. The van der Waals surface area contributed by atoms with Crippen molar-refractivity contribution in [3.8, 4) is 0 Å². The fraction of sp³-hybridized carbons (Fsp3) is 0.632. The number of likely N-dealkylation sites (N-methyl/N-ethyl adjacent to an activating group) is 1. The van der Waals surface area contributed by atoms with Crippen LogP contribution in [0.2, 0.25) is 0 Å². The van der Waals surface area contributed by atoms with Gasteiger partial charge in [0.2, 0.25) is 5.91 Å². The Bertz CT molecular complexity index is 538. The largest absolute Gasteiger partial charge is 0.377 e. The summed E-state index contributed by atoms with van der Waals surface area (Å²) in [5.74, 6) is 0.0966. The second kappa shape index (κ2) is 7.93. The molecule has 4 nitrogen and oxygen atoms in total. The van der Waals surface area contributed by atoms with Crippen molar-refractivity contribution in [2.24, 2.45) is 0 Å². The molecule has 0 radical (unpaired) electrons. The second-order valence-corrected chi connectivity index (χ2v) is 6.89. The molecule has 4 heteroatoms. The lowest BCUT2D eigenvalue weighted by molar-refractivity contribution is -0.116. The summed E-state index contributed by atoms with van der Waals surface area (Å²) in [4.78, 5) is 14.3. The molecule has 0 bridgehead atoms. The van der Waals surface area contributed by atoms with Gasteiger partial charge in [-0.25, -0.2) is 0 Å². The molecule has 1 aliphatic carbocycles. The van der Waals surface area contributed by atoms with Crippen LogP contribution in [-0.4, -0.2) is 43.7 Å². The number of nitrogens with zero attached hydrogens (tertiary/aromatic N) is 1. The third-order valence-electron chi connectivity index (χ3n) is 4.89. The van der Waals surface area contributed by atoms with Crippen LogP contribution in [0, 0.1) is 0 Å². The van der Waals surface area contributed by atoms with E-state index in [1.54, 1.807) is 0 Å². The highest BCUT2D eigenvalue weighted by Gasteiger charge is 2.16. The van der Waals surface area contributed by atoms with Crippen molar-refractivity contribution in [2.75, 3.05) is 32.1 Å². The maximum Gasteiger partial charge on any atom is 0.225 e. The lowest BCUT2D eigenvalue weighted by atomic mass is 10.1. The van der Waals surface area contributed by atoms with Crippen LogP contribution in [0.15, 0.2) is 18.2 Å². The summed E-state index contributed by atoms with van der Waals surface area (Å²) in [6.45, 7) is 2.58. The van der Waals surface area contributed by atoms with Crippen molar-refractivity contribution in [1.29, 1.82) is 0 Å². The number of rotatable bonds is 6. The van der Waals surface area contributed by atoms with E-state index in [1.807, 2.05) is 6.07 Å². The van der Waals surface area contributed by atoms with Crippen molar-refractivity contribution in [3.63, 3.8) is 0 Å². The number of benzene rings is 1. The molecule has 23 heavy (non-hydrogen) atoms. The molecule has 1 fully saturated rings. The molecule has 1 amide bonds. The molecule has 1 N–H and O–H groups in total. The van der Waals surface area contributed by atoms with Gasteiger partial charge in [-0.3, -0.25) is 4.79 Å². The number of ether oxygens (including phenoxy) is 1. The van der Waals surface area contributed by atoms with Gasteiger partial charge in [0.1, 0.15) is 0 Å². The van der Waals surface area contributed by atoms with Gasteiger partial charge in [-0.05, 0) is 68.8 Å². The van der Waals surface area contributed by atoms with E-state index in [-0.39, 0.29) is 5.91 Å². The quantitative estimate of drug-likeness (QED) is 0.877. The lowest BCUT2D eigenvalue weighted by Gasteiger charge is -2.27. The predicted octanol–water partition coefficient (Wildman–Crippen LogP) is 3.00. The number of nitrogens with one attached hydrogen (secondary N) is 1. The molecule has 1 aromatic rings. The van der Waals surface area contributed by atoms with Gasteiger partial charge in [0.05, 0.1) is 6.10 Å². The first-order valence-corrected chi connectivity index (χ1v) is 8.92. The first kappa shape index (κ1) is 16.5. The van der Waals surface area contributed by atoms with Gasteiger partial charge in [-0.2, -0.15) is 0 Å². The molecular weight excluding hydrogens is 288 g/mol. The average Bonchev–Trinajstić information content (AvgIpc) is 3.01. The maximum atomic E-state index is 12.1. The number of amides is 1. The van der Waals surface area contributed by atoms with Crippen LogP contribution in [0.1, 0.15) is 43.2 Å². The van der Waals surface area contributed by atoms with Crippen LogP contribution in [0.4, 0.5) is 5.69 Å². The Balaban J connectivity index is 1.40. The Morgan fingerprint density at radius 2 is 2.13 bits per heavy atom. The van der Waals surface area contributed by atoms with Crippen LogP contribution < -0.4 is 5.32 Å². The average molecular weight is 316 g/mol. The van der Waals surface area contributed by atoms with Gasteiger partial charge in [0.25, 0.3) is 0 Å². The Morgan fingerprint density at radius 1 is 1.26 bits per heavy atom. The van der Waals surface area contributed by atoms with E-state index in [1.165, 1.54) is 36.8 Å². The fourth-order valence-corrected chi connectivity index (χ4v) is 3.56. The van der Waals surface area contributed by atoms with Gasteiger partial charge >= 0.3 is 0 Å². The van der Waals surface area contributed by atoms with Crippen molar-refractivity contribution < 1.29 is 9.53 Å². The standard InChI is InChI=1S/C19H28N2O2/c1-21(14-18-7-2-3-12-23-18)11-10-19(22)20-17-9-8-15-5-4-6-16(15)13-17/h8-9,13,18H,2-7,10-12,14H2,1H3,(H,20,22)/t18-/m0/s1. The van der Waals surface area contributed by atoms with Gasteiger partial charge < -0.3 is 15.0 Å². The summed E-state index contributed by atoms with van der Waals surface area (Å²) in [5, 5.41) is 3.03. The number of fused-ring (bicyclic) bond motifs is 1. The zero-order valence-electron chi connectivity index (χ0n) is 14.1. The molecule has 2 aliphatic rings. The minimum Gasteiger partial charge on any atom is -0.377 e. The molecule has 126 valence electrons. The van der Waals surface area contributed by atoms with E-state index in [2.05, 4.69) is 29.4 Å². The molecular formula is C19H28N2O2. The number of aryl methyl sites for hydroxylation is 2. The molecule has 1 aromatic carbocycles. The molecule has 1 aliphatic heterocycles. The van der Waals surface area contributed by atoms with Gasteiger partial charge in [0.15, 0.2) is 0 Å².